The molecule has 0 aliphatic carbocycles. The van der Waals surface area contributed by atoms with E-state index in [-0.39, 0.29) is 0 Å². The number of benzene rings is 2. The fourth-order valence-corrected chi connectivity index (χ4v) is 1.90. The fraction of sp³-hybridized carbons (Fsp3) is 0.0667. The number of anilines is 1. The van der Waals surface area contributed by atoms with Crippen LogP contribution in [-0.2, 0) is 6.67 Å². The molecular formula is C15H14N4. The minimum atomic E-state index is 0.616. The van der Waals surface area contributed by atoms with E-state index in [1.807, 2.05) is 18.2 Å². The zero-order chi connectivity index (χ0) is 12.9. The van der Waals surface area contributed by atoms with Gasteiger partial charge in [-0.3, -0.25) is 0 Å². The zero-order valence-electron chi connectivity index (χ0n) is 10.4. The summed E-state index contributed by atoms with van der Waals surface area (Å²) >= 11 is 0. The lowest BCUT2D eigenvalue weighted by atomic mass is 10.1. The van der Waals surface area contributed by atoms with Gasteiger partial charge >= 0.3 is 0 Å². The van der Waals surface area contributed by atoms with E-state index < -0.39 is 0 Å². The number of nitrogens with one attached hydrogen (secondary N) is 1. The number of rotatable bonds is 4. The zero-order valence-corrected chi connectivity index (χ0v) is 10.4. The molecule has 1 heterocycles. The second-order valence-corrected chi connectivity index (χ2v) is 4.21. The molecule has 0 fully saturated rings. The quantitative estimate of drug-likeness (QED) is 0.774. The predicted molar refractivity (Wildman–Crippen MR) is 75.5 cm³/mol. The second kappa shape index (κ2) is 5.35. The van der Waals surface area contributed by atoms with E-state index in [0.717, 1.165) is 5.69 Å². The fourth-order valence-electron chi connectivity index (χ4n) is 1.90. The van der Waals surface area contributed by atoms with E-state index in [9.17, 15) is 0 Å². The van der Waals surface area contributed by atoms with Gasteiger partial charge < -0.3 is 5.32 Å². The van der Waals surface area contributed by atoms with Crippen molar-refractivity contribution in [2.45, 2.75) is 6.67 Å². The van der Waals surface area contributed by atoms with Crippen molar-refractivity contribution in [1.82, 2.24) is 14.8 Å². The average molecular weight is 250 g/mol. The maximum absolute atomic E-state index is 4.04. The minimum Gasteiger partial charge on any atom is -0.366 e. The third-order valence-electron chi connectivity index (χ3n) is 2.90. The summed E-state index contributed by atoms with van der Waals surface area (Å²) in [5, 5.41) is 7.33. The summed E-state index contributed by atoms with van der Waals surface area (Å²) in [4.78, 5) is 3.90. The van der Waals surface area contributed by atoms with Crippen molar-refractivity contribution in [2.75, 3.05) is 5.32 Å². The van der Waals surface area contributed by atoms with Gasteiger partial charge in [-0.1, -0.05) is 42.5 Å². The lowest BCUT2D eigenvalue weighted by Gasteiger charge is -2.07. The third-order valence-corrected chi connectivity index (χ3v) is 2.90. The molecule has 3 rings (SSSR count). The maximum atomic E-state index is 4.04. The van der Waals surface area contributed by atoms with Crippen molar-refractivity contribution < 1.29 is 0 Å². The van der Waals surface area contributed by atoms with Crippen molar-refractivity contribution in [3.63, 3.8) is 0 Å². The highest BCUT2D eigenvalue weighted by Crippen LogP contribution is 2.20. The largest absolute Gasteiger partial charge is 0.366 e. The second-order valence-electron chi connectivity index (χ2n) is 4.21. The van der Waals surface area contributed by atoms with Gasteiger partial charge in [-0.25, -0.2) is 9.67 Å². The van der Waals surface area contributed by atoms with Crippen molar-refractivity contribution in [2.24, 2.45) is 0 Å². The van der Waals surface area contributed by atoms with E-state index in [4.69, 9.17) is 0 Å². The van der Waals surface area contributed by atoms with Crippen LogP contribution in [0.1, 0.15) is 0 Å². The Morgan fingerprint density at radius 3 is 2.32 bits per heavy atom. The van der Waals surface area contributed by atoms with Crippen molar-refractivity contribution in [3.05, 3.63) is 67.3 Å². The molecule has 4 nitrogen and oxygen atoms in total. The van der Waals surface area contributed by atoms with Crippen molar-refractivity contribution >= 4 is 5.69 Å². The van der Waals surface area contributed by atoms with Gasteiger partial charge in [0.05, 0.1) is 0 Å². The van der Waals surface area contributed by atoms with Crippen molar-refractivity contribution in [3.8, 4) is 11.1 Å². The van der Waals surface area contributed by atoms with Gasteiger partial charge in [-0.2, -0.15) is 5.10 Å². The number of hydrogen-bond acceptors (Lipinski definition) is 3. The van der Waals surface area contributed by atoms with E-state index in [2.05, 4.69) is 51.8 Å². The highest BCUT2D eigenvalue weighted by molar-refractivity contribution is 5.65. The molecule has 0 aliphatic heterocycles. The Kier molecular flexibility index (Phi) is 3.23. The monoisotopic (exact) mass is 250 g/mol. The molecule has 0 spiro atoms. The van der Waals surface area contributed by atoms with Gasteiger partial charge in [0.25, 0.3) is 0 Å². The molecule has 0 bridgehead atoms. The minimum absolute atomic E-state index is 0.616. The van der Waals surface area contributed by atoms with Crippen LogP contribution in [-0.4, -0.2) is 14.8 Å². The first-order valence-corrected chi connectivity index (χ1v) is 6.13. The molecule has 0 saturated carbocycles. The van der Waals surface area contributed by atoms with Crippen LogP contribution < -0.4 is 5.32 Å². The highest BCUT2D eigenvalue weighted by Gasteiger charge is 1.97. The van der Waals surface area contributed by atoms with Crippen LogP contribution in [0.3, 0.4) is 0 Å². The van der Waals surface area contributed by atoms with Gasteiger partial charge in [0, 0.05) is 5.69 Å². The van der Waals surface area contributed by atoms with Gasteiger partial charge in [-0.15, -0.1) is 0 Å². The molecule has 0 atom stereocenters. The molecule has 2 aromatic carbocycles. The molecule has 0 radical (unpaired) electrons. The van der Waals surface area contributed by atoms with Crippen LogP contribution in [0.25, 0.3) is 11.1 Å². The van der Waals surface area contributed by atoms with Crippen LogP contribution >= 0.6 is 0 Å². The SMILES string of the molecule is c1ccc(-c2ccc(NCn3cncn3)cc2)cc1. The first-order valence-electron chi connectivity index (χ1n) is 6.13. The molecule has 94 valence electrons. The van der Waals surface area contributed by atoms with Crippen LogP contribution in [0, 0.1) is 0 Å². The van der Waals surface area contributed by atoms with E-state index in [0.29, 0.717) is 6.67 Å². The molecule has 1 N–H and O–H groups in total. The highest BCUT2D eigenvalue weighted by atomic mass is 15.4. The summed E-state index contributed by atoms with van der Waals surface area (Å²) in [6.07, 6.45) is 3.21. The summed E-state index contributed by atoms with van der Waals surface area (Å²) in [5.41, 5.74) is 3.51. The van der Waals surface area contributed by atoms with Crippen LogP contribution in [0.5, 0.6) is 0 Å². The smallest absolute Gasteiger partial charge is 0.137 e. The summed E-state index contributed by atoms with van der Waals surface area (Å²) < 4.78 is 1.74. The first kappa shape index (κ1) is 11.5. The summed E-state index contributed by atoms with van der Waals surface area (Å²) in [6, 6.07) is 18.7. The van der Waals surface area contributed by atoms with Gasteiger partial charge in [0.1, 0.15) is 19.3 Å². The normalized spacial score (nSPS) is 10.3. The Morgan fingerprint density at radius 1 is 0.895 bits per heavy atom. The predicted octanol–water partition coefficient (Wildman–Crippen LogP) is 3.01. The van der Waals surface area contributed by atoms with E-state index in [1.165, 1.54) is 17.5 Å². The number of hydrogen-bond donors (Lipinski definition) is 1. The summed E-state index contributed by atoms with van der Waals surface area (Å²) in [5.74, 6) is 0. The molecule has 4 heteroatoms. The van der Waals surface area contributed by atoms with Crippen LogP contribution in [0.2, 0.25) is 0 Å². The van der Waals surface area contributed by atoms with Gasteiger partial charge in [-0.05, 0) is 23.3 Å². The van der Waals surface area contributed by atoms with Gasteiger partial charge in [0.15, 0.2) is 0 Å². The third kappa shape index (κ3) is 2.80. The van der Waals surface area contributed by atoms with Crippen molar-refractivity contribution in [1.29, 1.82) is 0 Å². The van der Waals surface area contributed by atoms with Crippen LogP contribution in [0.15, 0.2) is 67.3 Å². The Balaban J connectivity index is 1.69. The molecule has 0 saturated heterocycles. The first-order chi connectivity index (χ1) is 9.42. The van der Waals surface area contributed by atoms with E-state index in [1.54, 1.807) is 11.0 Å². The Morgan fingerprint density at radius 2 is 1.63 bits per heavy atom. The molecule has 0 unspecified atom stereocenters. The molecule has 0 amide bonds. The van der Waals surface area contributed by atoms with E-state index >= 15 is 0 Å². The lowest BCUT2D eigenvalue weighted by molar-refractivity contribution is 0.668. The molecule has 3 aromatic rings. The number of aromatic nitrogens is 3. The number of nitrogens with zero attached hydrogens (tertiary/aromatic N) is 3. The lowest BCUT2D eigenvalue weighted by Crippen LogP contribution is -2.07. The average Bonchev–Trinajstić information content (AvgIpc) is 3.00. The summed E-state index contributed by atoms with van der Waals surface area (Å²) in [6.45, 7) is 0.616. The topological polar surface area (TPSA) is 42.7 Å². The molecule has 19 heavy (non-hydrogen) atoms. The van der Waals surface area contributed by atoms with Gasteiger partial charge in [0.2, 0.25) is 0 Å². The Labute approximate surface area is 111 Å². The Bertz CT molecular complexity index is 615. The molecule has 0 aliphatic rings. The summed E-state index contributed by atoms with van der Waals surface area (Å²) in [7, 11) is 0. The molecule has 1 aromatic heterocycles. The van der Waals surface area contributed by atoms with Crippen LogP contribution in [0.4, 0.5) is 5.69 Å². The standard InChI is InChI=1S/C15H14N4/c1-2-4-13(5-3-1)14-6-8-15(9-7-14)17-12-19-11-16-10-18-19/h1-11,17H,12H2. The molecular weight excluding hydrogens is 236 g/mol. The maximum Gasteiger partial charge on any atom is 0.137 e. The Hall–Kier alpha value is -2.62.